The largest absolute Gasteiger partial charge is 0.503 e. The summed E-state index contributed by atoms with van der Waals surface area (Å²) in [7, 11) is 1.46. The lowest BCUT2D eigenvalue weighted by atomic mass is 9.85. The molecule has 5 rings (SSSR count). The highest BCUT2D eigenvalue weighted by Gasteiger charge is 2.44. The third kappa shape index (κ3) is 5.18. The quantitative estimate of drug-likeness (QED) is 0.232. The number of ketones is 1. The van der Waals surface area contributed by atoms with E-state index < -0.39 is 29.5 Å². The zero-order chi connectivity index (χ0) is 29.6. The molecule has 1 aliphatic rings. The van der Waals surface area contributed by atoms with Gasteiger partial charge < -0.3 is 24.3 Å². The SMILES string of the molecule is COc1cc(Cl)cc2cc(C(=O)C3=C(O)C(=O)N(Cc4ccc(C(=O)O)cc4)C3c3ccc(C(C)(C)C)cc3)oc12. The Morgan fingerprint density at radius 3 is 2.27 bits per heavy atom. The highest BCUT2D eigenvalue weighted by atomic mass is 35.5. The molecule has 0 aliphatic carbocycles. The fraction of sp³-hybridized carbons (Fsp3) is 0.219. The standard InChI is InChI=1S/C32H28ClNO7/c1-32(2,3)21-11-9-18(10-12-21)26-25(27(35)23-14-20-13-22(33)15-24(40-4)29(20)41-23)28(36)30(37)34(26)16-17-5-7-19(8-6-17)31(38)39/h5-15,26,36H,16H2,1-4H3,(H,38,39). The topological polar surface area (TPSA) is 117 Å². The molecule has 0 radical (unpaired) electrons. The number of benzene rings is 3. The molecule has 2 heterocycles. The Kier molecular flexibility index (Phi) is 7.13. The van der Waals surface area contributed by atoms with E-state index in [-0.39, 0.29) is 28.9 Å². The van der Waals surface area contributed by atoms with Crippen LogP contribution in [0, 0.1) is 0 Å². The van der Waals surface area contributed by atoms with E-state index in [0.29, 0.717) is 32.9 Å². The third-order valence-corrected chi connectivity index (χ3v) is 7.40. The number of carbonyl (C=O) groups is 3. The number of nitrogens with zero attached hydrogens (tertiary/aromatic N) is 1. The fourth-order valence-electron chi connectivity index (χ4n) is 4.99. The molecule has 1 amide bonds. The molecule has 41 heavy (non-hydrogen) atoms. The average molecular weight is 574 g/mol. The number of aliphatic hydroxyl groups excluding tert-OH is 1. The Morgan fingerprint density at radius 2 is 1.68 bits per heavy atom. The van der Waals surface area contributed by atoms with Crippen molar-refractivity contribution in [1.82, 2.24) is 4.90 Å². The van der Waals surface area contributed by atoms with Crippen LogP contribution in [0.1, 0.15) is 64.4 Å². The number of halogens is 1. The summed E-state index contributed by atoms with van der Waals surface area (Å²) < 4.78 is 11.2. The second-order valence-corrected chi connectivity index (χ2v) is 11.4. The van der Waals surface area contributed by atoms with Crippen molar-refractivity contribution in [3.05, 3.63) is 111 Å². The third-order valence-electron chi connectivity index (χ3n) is 7.19. The maximum absolute atomic E-state index is 14.0. The van der Waals surface area contributed by atoms with E-state index in [1.165, 1.54) is 30.2 Å². The van der Waals surface area contributed by atoms with Gasteiger partial charge in [-0.3, -0.25) is 9.59 Å². The lowest BCUT2D eigenvalue weighted by molar-refractivity contribution is -0.130. The summed E-state index contributed by atoms with van der Waals surface area (Å²) in [5.41, 5.74) is 2.48. The van der Waals surface area contributed by atoms with E-state index in [9.17, 15) is 24.6 Å². The van der Waals surface area contributed by atoms with Crippen molar-refractivity contribution in [2.75, 3.05) is 7.11 Å². The first-order valence-corrected chi connectivity index (χ1v) is 13.3. The molecular formula is C32H28ClNO7. The number of fused-ring (bicyclic) bond motifs is 1. The number of hydrogen-bond donors (Lipinski definition) is 2. The van der Waals surface area contributed by atoms with Gasteiger partial charge in [-0.15, -0.1) is 0 Å². The molecule has 0 spiro atoms. The highest BCUT2D eigenvalue weighted by molar-refractivity contribution is 6.31. The number of methoxy groups -OCH3 is 1. The van der Waals surface area contributed by atoms with Crippen LogP contribution in [0.2, 0.25) is 5.02 Å². The molecule has 1 aromatic heterocycles. The van der Waals surface area contributed by atoms with Crippen molar-refractivity contribution in [3.8, 4) is 5.75 Å². The Bertz CT molecular complexity index is 1710. The molecule has 0 fully saturated rings. The molecule has 0 bridgehead atoms. The normalized spacial score (nSPS) is 15.6. The summed E-state index contributed by atoms with van der Waals surface area (Å²) in [4.78, 5) is 40.1. The van der Waals surface area contributed by atoms with Crippen LogP contribution < -0.4 is 4.74 Å². The molecule has 1 aliphatic heterocycles. The summed E-state index contributed by atoms with van der Waals surface area (Å²) in [6.07, 6.45) is 0. The van der Waals surface area contributed by atoms with E-state index in [0.717, 1.165) is 5.56 Å². The minimum absolute atomic E-state index is 0.0226. The van der Waals surface area contributed by atoms with Crippen molar-refractivity contribution >= 4 is 40.2 Å². The zero-order valence-electron chi connectivity index (χ0n) is 22.9. The average Bonchev–Trinajstić information content (AvgIpc) is 3.47. The number of amides is 1. The first-order valence-electron chi connectivity index (χ1n) is 12.9. The minimum atomic E-state index is -1.07. The monoisotopic (exact) mass is 573 g/mol. The predicted molar refractivity (Wildman–Crippen MR) is 154 cm³/mol. The number of carboxylic acid groups (broad SMARTS) is 1. The molecule has 9 heteroatoms. The Labute approximate surface area is 241 Å². The maximum atomic E-state index is 14.0. The summed E-state index contributed by atoms with van der Waals surface area (Å²) in [6.45, 7) is 6.26. The number of aromatic carboxylic acids is 1. The summed E-state index contributed by atoms with van der Waals surface area (Å²) >= 11 is 6.19. The van der Waals surface area contributed by atoms with Crippen molar-refractivity contribution < 1.29 is 33.8 Å². The minimum Gasteiger partial charge on any atom is -0.503 e. The van der Waals surface area contributed by atoms with Crippen LogP contribution in [0.3, 0.4) is 0 Å². The lowest BCUT2D eigenvalue weighted by Crippen LogP contribution is -2.30. The van der Waals surface area contributed by atoms with Crippen molar-refractivity contribution in [2.45, 2.75) is 38.8 Å². The van der Waals surface area contributed by atoms with Gasteiger partial charge in [-0.2, -0.15) is 0 Å². The van der Waals surface area contributed by atoms with Gasteiger partial charge in [0.1, 0.15) is 0 Å². The number of hydrogen-bond acceptors (Lipinski definition) is 6. The van der Waals surface area contributed by atoms with Crippen LogP contribution in [0.15, 0.2) is 82.5 Å². The number of furan rings is 1. The molecular weight excluding hydrogens is 546 g/mol. The lowest BCUT2D eigenvalue weighted by Gasteiger charge is -2.28. The van der Waals surface area contributed by atoms with Gasteiger partial charge in [0, 0.05) is 23.0 Å². The number of aliphatic hydroxyl groups is 1. The molecule has 2 N–H and O–H groups in total. The van der Waals surface area contributed by atoms with Crippen molar-refractivity contribution in [3.63, 3.8) is 0 Å². The van der Waals surface area contributed by atoms with Gasteiger partial charge in [-0.25, -0.2) is 4.79 Å². The molecule has 8 nitrogen and oxygen atoms in total. The van der Waals surface area contributed by atoms with E-state index in [1.807, 2.05) is 24.3 Å². The second-order valence-electron chi connectivity index (χ2n) is 10.9. The summed E-state index contributed by atoms with van der Waals surface area (Å²) in [5, 5.41) is 21.3. The Hall–Kier alpha value is -4.56. The maximum Gasteiger partial charge on any atom is 0.335 e. The number of rotatable bonds is 7. The number of carbonyl (C=O) groups excluding carboxylic acids is 2. The van der Waals surface area contributed by atoms with Gasteiger partial charge in [0.15, 0.2) is 22.9 Å². The molecule has 4 aromatic rings. The summed E-state index contributed by atoms with van der Waals surface area (Å²) in [5.74, 6) is -2.86. The first-order chi connectivity index (χ1) is 19.4. The number of ether oxygens (including phenoxy) is 1. The van der Waals surface area contributed by atoms with Gasteiger partial charge in [0.25, 0.3) is 5.91 Å². The Morgan fingerprint density at radius 1 is 1.02 bits per heavy atom. The van der Waals surface area contributed by atoms with E-state index >= 15 is 0 Å². The van der Waals surface area contributed by atoms with Gasteiger partial charge in [-0.1, -0.05) is 68.8 Å². The van der Waals surface area contributed by atoms with Crippen molar-refractivity contribution in [2.24, 2.45) is 0 Å². The molecule has 0 saturated carbocycles. The molecule has 210 valence electrons. The van der Waals surface area contributed by atoms with Gasteiger partial charge >= 0.3 is 5.97 Å². The van der Waals surface area contributed by atoms with E-state index in [1.54, 1.807) is 24.3 Å². The van der Waals surface area contributed by atoms with E-state index in [4.69, 9.17) is 20.8 Å². The number of carboxylic acids is 1. The van der Waals surface area contributed by atoms with Gasteiger partial charge in [-0.05, 0) is 46.4 Å². The van der Waals surface area contributed by atoms with Crippen molar-refractivity contribution in [1.29, 1.82) is 0 Å². The Balaban J connectivity index is 1.59. The molecule has 1 unspecified atom stereocenters. The van der Waals surface area contributed by atoms with Crippen LogP contribution in [0.25, 0.3) is 11.0 Å². The smallest absolute Gasteiger partial charge is 0.335 e. The zero-order valence-corrected chi connectivity index (χ0v) is 23.7. The van der Waals surface area contributed by atoms with Crippen LogP contribution in [0.5, 0.6) is 5.75 Å². The first kappa shape index (κ1) is 28.0. The molecule has 0 saturated heterocycles. The van der Waals surface area contributed by atoms with Crippen LogP contribution in [-0.4, -0.2) is 39.9 Å². The highest BCUT2D eigenvalue weighted by Crippen LogP contribution is 2.42. The predicted octanol–water partition coefficient (Wildman–Crippen LogP) is 6.87. The molecule has 1 atom stereocenters. The van der Waals surface area contributed by atoms with Gasteiger partial charge in [0.05, 0.1) is 24.3 Å². The molecule has 3 aromatic carbocycles. The van der Waals surface area contributed by atoms with Gasteiger partial charge in [0.2, 0.25) is 5.78 Å². The van der Waals surface area contributed by atoms with Crippen LogP contribution >= 0.6 is 11.6 Å². The van der Waals surface area contributed by atoms with Crippen LogP contribution in [-0.2, 0) is 16.8 Å². The second kappa shape index (κ2) is 10.4. The number of Topliss-reactive ketones (excluding diaryl/α,β-unsaturated/α-hetero) is 1. The van der Waals surface area contributed by atoms with Crippen LogP contribution in [0.4, 0.5) is 0 Å². The summed E-state index contributed by atoms with van der Waals surface area (Å²) in [6, 6.07) is 17.4. The fourth-order valence-corrected chi connectivity index (χ4v) is 5.21. The van der Waals surface area contributed by atoms with E-state index in [2.05, 4.69) is 20.8 Å².